The van der Waals surface area contributed by atoms with Gasteiger partial charge in [0.2, 0.25) is 5.89 Å². The smallest absolute Gasteiger partial charge is 0.231 e. The van der Waals surface area contributed by atoms with Gasteiger partial charge in [-0.05, 0) is 43.2 Å². The molecule has 2 aliphatic rings. The van der Waals surface area contributed by atoms with Gasteiger partial charge in [-0.25, -0.2) is 0 Å². The molecular formula is C12H19N3OS. The maximum absolute atomic E-state index is 5.41. The van der Waals surface area contributed by atoms with E-state index >= 15 is 0 Å². The zero-order valence-electron chi connectivity index (χ0n) is 10.0. The Balaban J connectivity index is 1.60. The summed E-state index contributed by atoms with van der Waals surface area (Å²) in [4.78, 5) is 4.57. The van der Waals surface area contributed by atoms with Gasteiger partial charge in [0.25, 0.3) is 0 Å². The lowest BCUT2D eigenvalue weighted by Gasteiger charge is -2.18. The zero-order valence-corrected chi connectivity index (χ0v) is 10.8. The highest BCUT2D eigenvalue weighted by Gasteiger charge is 2.23. The van der Waals surface area contributed by atoms with Crippen LogP contribution in [0.2, 0.25) is 0 Å². The minimum atomic E-state index is 0.433. The van der Waals surface area contributed by atoms with Crippen molar-refractivity contribution in [2.24, 2.45) is 5.92 Å². The van der Waals surface area contributed by atoms with E-state index in [0.717, 1.165) is 37.1 Å². The first-order chi connectivity index (χ1) is 8.42. The van der Waals surface area contributed by atoms with Gasteiger partial charge in [0.15, 0.2) is 5.82 Å². The predicted octanol–water partition coefficient (Wildman–Crippen LogP) is 1.83. The van der Waals surface area contributed by atoms with E-state index in [9.17, 15) is 0 Å². The lowest BCUT2D eigenvalue weighted by Crippen LogP contribution is -2.28. The molecule has 1 N–H and O–H groups in total. The molecule has 94 valence electrons. The number of hydrogen-bond donors (Lipinski definition) is 1. The van der Waals surface area contributed by atoms with E-state index < -0.39 is 0 Å². The molecule has 0 spiro atoms. The molecule has 3 rings (SSSR count). The summed E-state index contributed by atoms with van der Waals surface area (Å²) < 4.78 is 5.41. The summed E-state index contributed by atoms with van der Waals surface area (Å²) in [5, 5.41) is 7.52. The van der Waals surface area contributed by atoms with E-state index in [2.05, 4.69) is 15.5 Å². The van der Waals surface area contributed by atoms with Crippen molar-refractivity contribution in [2.75, 3.05) is 24.6 Å². The molecule has 0 amide bonds. The first kappa shape index (κ1) is 11.5. The van der Waals surface area contributed by atoms with E-state index in [4.69, 9.17) is 4.52 Å². The van der Waals surface area contributed by atoms with Crippen LogP contribution in [0.1, 0.15) is 36.9 Å². The molecule has 2 fully saturated rings. The molecular weight excluding hydrogens is 234 g/mol. The van der Waals surface area contributed by atoms with Gasteiger partial charge < -0.3 is 9.84 Å². The summed E-state index contributed by atoms with van der Waals surface area (Å²) in [6.45, 7) is 2.11. The number of piperidine rings is 1. The van der Waals surface area contributed by atoms with E-state index in [0.29, 0.717) is 5.92 Å². The molecule has 4 nitrogen and oxygen atoms in total. The predicted molar refractivity (Wildman–Crippen MR) is 68.3 cm³/mol. The molecule has 0 saturated carbocycles. The lowest BCUT2D eigenvalue weighted by molar-refractivity contribution is 0.319. The van der Waals surface area contributed by atoms with Gasteiger partial charge in [0.05, 0.1) is 5.92 Å². The molecule has 2 saturated heterocycles. The Morgan fingerprint density at radius 3 is 3.18 bits per heavy atom. The Morgan fingerprint density at radius 2 is 2.41 bits per heavy atom. The van der Waals surface area contributed by atoms with Gasteiger partial charge in [-0.15, -0.1) is 0 Å². The van der Waals surface area contributed by atoms with Crippen LogP contribution in [0.5, 0.6) is 0 Å². The monoisotopic (exact) mass is 253 g/mol. The fraction of sp³-hybridized carbons (Fsp3) is 0.833. The molecule has 2 unspecified atom stereocenters. The lowest BCUT2D eigenvalue weighted by atomic mass is 10.00. The van der Waals surface area contributed by atoms with Crippen LogP contribution in [0, 0.1) is 5.92 Å². The van der Waals surface area contributed by atoms with Crippen molar-refractivity contribution >= 4 is 11.8 Å². The number of nitrogens with one attached hydrogen (secondary N) is 1. The maximum atomic E-state index is 5.41. The van der Waals surface area contributed by atoms with Crippen LogP contribution in [0.15, 0.2) is 4.52 Å². The van der Waals surface area contributed by atoms with E-state index in [-0.39, 0.29) is 0 Å². The number of rotatable bonds is 3. The van der Waals surface area contributed by atoms with Gasteiger partial charge in [-0.3, -0.25) is 0 Å². The first-order valence-corrected chi connectivity index (χ1v) is 7.68. The quantitative estimate of drug-likeness (QED) is 0.890. The second kappa shape index (κ2) is 5.40. The highest BCUT2D eigenvalue weighted by Crippen LogP contribution is 2.27. The average Bonchev–Trinajstić information content (AvgIpc) is 3.02. The molecule has 17 heavy (non-hydrogen) atoms. The Hall–Kier alpha value is -0.550. The Labute approximate surface area is 106 Å². The Kier molecular flexibility index (Phi) is 3.66. The maximum Gasteiger partial charge on any atom is 0.231 e. The van der Waals surface area contributed by atoms with Crippen molar-refractivity contribution in [2.45, 2.75) is 31.6 Å². The largest absolute Gasteiger partial charge is 0.339 e. The van der Waals surface area contributed by atoms with E-state index in [1.54, 1.807) is 0 Å². The van der Waals surface area contributed by atoms with Gasteiger partial charge >= 0.3 is 0 Å². The SMILES string of the molecule is C1CNCC(c2nc(CC3CCSC3)no2)C1. The fourth-order valence-corrected chi connectivity index (χ4v) is 3.87. The summed E-state index contributed by atoms with van der Waals surface area (Å²) in [7, 11) is 0. The molecule has 0 aromatic carbocycles. The van der Waals surface area contributed by atoms with Crippen molar-refractivity contribution < 1.29 is 4.52 Å². The van der Waals surface area contributed by atoms with E-state index in [1.165, 1.54) is 30.8 Å². The zero-order chi connectivity index (χ0) is 11.5. The minimum absolute atomic E-state index is 0.433. The van der Waals surface area contributed by atoms with Crippen molar-refractivity contribution in [3.8, 4) is 0 Å². The topological polar surface area (TPSA) is 51.0 Å². The Bertz CT molecular complexity index is 356. The van der Waals surface area contributed by atoms with Crippen molar-refractivity contribution in [3.63, 3.8) is 0 Å². The van der Waals surface area contributed by atoms with Crippen LogP contribution in [0.3, 0.4) is 0 Å². The summed E-state index contributed by atoms with van der Waals surface area (Å²) in [6.07, 6.45) is 4.69. The third-order valence-corrected chi connectivity index (χ3v) is 4.86. The third-order valence-electron chi connectivity index (χ3n) is 3.63. The minimum Gasteiger partial charge on any atom is -0.339 e. The van der Waals surface area contributed by atoms with Crippen LogP contribution in [0.4, 0.5) is 0 Å². The molecule has 0 aliphatic carbocycles. The van der Waals surface area contributed by atoms with Crippen LogP contribution >= 0.6 is 11.8 Å². The highest BCUT2D eigenvalue weighted by atomic mass is 32.2. The van der Waals surface area contributed by atoms with Gasteiger partial charge in [0.1, 0.15) is 0 Å². The third kappa shape index (κ3) is 2.83. The number of thioether (sulfide) groups is 1. The second-order valence-corrected chi connectivity index (χ2v) is 6.18. The van der Waals surface area contributed by atoms with Crippen LogP contribution in [0.25, 0.3) is 0 Å². The van der Waals surface area contributed by atoms with Crippen molar-refractivity contribution in [1.82, 2.24) is 15.5 Å². The van der Waals surface area contributed by atoms with E-state index in [1.807, 2.05) is 11.8 Å². The summed E-state index contributed by atoms with van der Waals surface area (Å²) in [5.74, 6) is 5.50. The van der Waals surface area contributed by atoms with Crippen molar-refractivity contribution in [3.05, 3.63) is 11.7 Å². The highest BCUT2D eigenvalue weighted by molar-refractivity contribution is 7.99. The standard InChI is InChI=1S/C12H19N3OS/c1-2-10(7-13-4-1)12-14-11(15-16-12)6-9-3-5-17-8-9/h9-10,13H,1-8H2. The van der Waals surface area contributed by atoms with Gasteiger partial charge in [0, 0.05) is 13.0 Å². The first-order valence-electron chi connectivity index (χ1n) is 6.53. The molecule has 0 bridgehead atoms. The number of aromatic nitrogens is 2. The number of hydrogen-bond acceptors (Lipinski definition) is 5. The fourth-order valence-electron chi connectivity index (χ4n) is 2.58. The summed E-state index contributed by atoms with van der Waals surface area (Å²) in [6, 6.07) is 0. The normalized spacial score (nSPS) is 29.6. The van der Waals surface area contributed by atoms with Crippen LogP contribution in [-0.4, -0.2) is 34.7 Å². The molecule has 3 heterocycles. The van der Waals surface area contributed by atoms with Gasteiger partial charge in [-0.1, -0.05) is 5.16 Å². The molecule has 2 aliphatic heterocycles. The average molecular weight is 253 g/mol. The summed E-state index contributed by atoms with van der Waals surface area (Å²) >= 11 is 2.04. The van der Waals surface area contributed by atoms with Gasteiger partial charge in [-0.2, -0.15) is 16.7 Å². The number of nitrogens with zero attached hydrogens (tertiary/aromatic N) is 2. The second-order valence-electron chi connectivity index (χ2n) is 5.03. The molecule has 0 radical (unpaired) electrons. The molecule has 5 heteroatoms. The Morgan fingerprint density at radius 1 is 1.41 bits per heavy atom. The summed E-state index contributed by atoms with van der Waals surface area (Å²) in [5.41, 5.74) is 0. The van der Waals surface area contributed by atoms with Crippen LogP contribution in [-0.2, 0) is 6.42 Å². The molecule has 1 aromatic heterocycles. The van der Waals surface area contributed by atoms with Crippen LogP contribution < -0.4 is 5.32 Å². The molecule has 1 aromatic rings. The molecule has 2 atom stereocenters. The van der Waals surface area contributed by atoms with Crippen molar-refractivity contribution in [1.29, 1.82) is 0 Å².